The van der Waals surface area contributed by atoms with Gasteiger partial charge in [-0.05, 0) is 50.3 Å². The Morgan fingerprint density at radius 3 is 2.48 bits per heavy atom. The van der Waals surface area contributed by atoms with E-state index in [1.807, 2.05) is 25.1 Å². The Morgan fingerprint density at radius 1 is 1.13 bits per heavy atom. The van der Waals surface area contributed by atoms with Gasteiger partial charge in [-0.15, -0.1) is 24.0 Å². The fourth-order valence-corrected chi connectivity index (χ4v) is 3.65. The van der Waals surface area contributed by atoms with Crippen molar-refractivity contribution in [2.45, 2.75) is 25.6 Å². The molecule has 31 heavy (non-hydrogen) atoms. The highest BCUT2D eigenvalue weighted by atomic mass is 127. The Hall–Kier alpha value is -2.01. The molecule has 170 valence electrons. The zero-order valence-corrected chi connectivity index (χ0v) is 20.3. The van der Waals surface area contributed by atoms with Crippen LogP contribution in [-0.2, 0) is 13.1 Å². The third-order valence-electron chi connectivity index (χ3n) is 5.06. The summed E-state index contributed by atoms with van der Waals surface area (Å²) in [4.78, 5) is 7.86. The van der Waals surface area contributed by atoms with E-state index in [9.17, 15) is 13.2 Å². The zero-order chi connectivity index (χ0) is 21.7. The maximum atomic E-state index is 14.0. The van der Waals surface area contributed by atoms with E-state index in [4.69, 9.17) is 0 Å². The highest BCUT2D eigenvalue weighted by Crippen LogP contribution is 2.26. The summed E-state index contributed by atoms with van der Waals surface area (Å²) in [6.07, 6.45) is 0.734. The largest absolute Gasteiger partial charge is 0.365 e. The number of nitrogens with zero attached hydrogens (tertiary/aromatic N) is 3. The van der Waals surface area contributed by atoms with Crippen molar-refractivity contribution in [2.24, 2.45) is 4.99 Å². The minimum absolute atomic E-state index is 0. The second-order valence-electron chi connectivity index (χ2n) is 7.74. The molecule has 0 spiro atoms. The van der Waals surface area contributed by atoms with Gasteiger partial charge >= 0.3 is 0 Å². The molecule has 2 N–H and O–H groups in total. The van der Waals surface area contributed by atoms with Crippen LogP contribution < -0.4 is 15.5 Å². The first-order chi connectivity index (χ1) is 14.4. The molecule has 0 saturated carbocycles. The van der Waals surface area contributed by atoms with E-state index in [1.165, 1.54) is 24.3 Å². The van der Waals surface area contributed by atoms with Crippen molar-refractivity contribution < 1.29 is 13.2 Å². The fraction of sp³-hybridized carbons (Fsp3) is 0.409. The van der Waals surface area contributed by atoms with Gasteiger partial charge in [0.05, 0.1) is 0 Å². The van der Waals surface area contributed by atoms with Crippen molar-refractivity contribution in [3.8, 4) is 0 Å². The molecular formula is C22H29F3IN5. The van der Waals surface area contributed by atoms with Gasteiger partial charge in [-0.25, -0.2) is 13.2 Å². The zero-order valence-electron chi connectivity index (χ0n) is 18.0. The van der Waals surface area contributed by atoms with Crippen LogP contribution in [0.5, 0.6) is 0 Å². The molecule has 1 unspecified atom stereocenters. The Morgan fingerprint density at radius 2 is 1.84 bits per heavy atom. The normalized spacial score (nSPS) is 16.4. The highest BCUT2D eigenvalue weighted by molar-refractivity contribution is 14.0. The highest BCUT2D eigenvalue weighted by Gasteiger charge is 2.27. The molecule has 1 saturated heterocycles. The lowest BCUT2D eigenvalue weighted by Gasteiger charge is -2.21. The average molecular weight is 547 g/mol. The standard InChI is InChI=1S/C22H28F3N5.HI/c1-26-22(27-12-15-7-8-18(23)16(11-15)13-29(2)3)28-17-9-10-30(14-17)21-19(24)5-4-6-20(21)25;/h4-8,11,17H,9-10,12-14H2,1-3H3,(H2,26,27,28);1H. The molecule has 5 nitrogen and oxygen atoms in total. The molecule has 3 rings (SSSR count). The van der Waals surface area contributed by atoms with Crippen molar-refractivity contribution in [3.63, 3.8) is 0 Å². The Balaban J connectivity index is 0.00000341. The van der Waals surface area contributed by atoms with Crippen LogP contribution >= 0.6 is 24.0 Å². The third kappa shape index (κ3) is 6.73. The van der Waals surface area contributed by atoms with Gasteiger partial charge in [0.1, 0.15) is 23.1 Å². The molecule has 2 aromatic rings. The quantitative estimate of drug-likeness (QED) is 0.329. The van der Waals surface area contributed by atoms with Crippen molar-refractivity contribution in [2.75, 3.05) is 39.1 Å². The first-order valence-corrected chi connectivity index (χ1v) is 9.95. The van der Waals surface area contributed by atoms with Crippen LogP contribution in [0, 0.1) is 17.5 Å². The van der Waals surface area contributed by atoms with Crippen LogP contribution in [0.3, 0.4) is 0 Å². The van der Waals surface area contributed by atoms with Gasteiger partial charge in [0.2, 0.25) is 0 Å². The van der Waals surface area contributed by atoms with Crippen molar-refractivity contribution in [1.82, 2.24) is 15.5 Å². The predicted molar refractivity (Wildman–Crippen MR) is 130 cm³/mol. The molecule has 0 aromatic heterocycles. The van der Waals surface area contributed by atoms with Crippen molar-refractivity contribution >= 4 is 35.6 Å². The lowest BCUT2D eigenvalue weighted by atomic mass is 10.1. The lowest BCUT2D eigenvalue weighted by molar-refractivity contribution is 0.392. The smallest absolute Gasteiger partial charge is 0.191 e. The van der Waals surface area contributed by atoms with Crippen molar-refractivity contribution in [1.29, 1.82) is 0 Å². The molecule has 1 atom stereocenters. The molecule has 1 aliphatic heterocycles. The first-order valence-electron chi connectivity index (χ1n) is 9.95. The summed E-state index contributed by atoms with van der Waals surface area (Å²) in [7, 11) is 5.46. The number of nitrogens with one attached hydrogen (secondary N) is 2. The number of rotatable bonds is 6. The van der Waals surface area contributed by atoms with Gasteiger partial charge in [-0.1, -0.05) is 12.1 Å². The number of aliphatic imine (C=N–C) groups is 1. The number of hydrogen-bond donors (Lipinski definition) is 2. The molecule has 1 fully saturated rings. The Labute approximate surface area is 198 Å². The van der Waals surface area contributed by atoms with Crippen LogP contribution in [0.2, 0.25) is 0 Å². The molecule has 0 radical (unpaired) electrons. The number of para-hydroxylation sites is 1. The first kappa shape index (κ1) is 25.3. The van der Waals surface area contributed by atoms with Crippen LogP contribution in [0.25, 0.3) is 0 Å². The summed E-state index contributed by atoms with van der Waals surface area (Å²) < 4.78 is 42.0. The van der Waals surface area contributed by atoms with Gasteiger partial charge in [-0.3, -0.25) is 4.99 Å². The van der Waals surface area contributed by atoms with Crippen LogP contribution in [0.1, 0.15) is 17.5 Å². The maximum absolute atomic E-state index is 14.0. The van der Waals surface area contributed by atoms with Gasteiger partial charge in [0, 0.05) is 44.8 Å². The van der Waals surface area contributed by atoms with Crippen LogP contribution in [-0.4, -0.2) is 51.1 Å². The summed E-state index contributed by atoms with van der Waals surface area (Å²) >= 11 is 0. The molecule has 0 amide bonds. The van der Waals surface area contributed by atoms with E-state index in [1.54, 1.807) is 18.0 Å². The number of guanidine groups is 1. The van der Waals surface area contributed by atoms with E-state index in [0.29, 0.717) is 37.7 Å². The predicted octanol–water partition coefficient (Wildman–Crippen LogP) is 3.73. The average Bonchev–Trinajstić information content (AvgIpc) is 3.15. The van der Waals surface area contributed by atoms with Gasteiger partial charge in [0.15, 0.2) is 5.96 Å². The second kappa shape index (κ2) is 11.6. The third-order valence-corrected chi connectivity index (χ3v) is 5.06. The molecule has 0 aliphatic carbocycles. The van der Waals surface area contributed by atoms with Crippen LogP contribution in [0.15, 0.2) is 41.4 Å². The van der Waals surface area contributed by atoms with E-state index < -0.39 is 11.6 Å². The van der Waals surface area contributed by atoms with E-state index in [2.05, 4.69) is 15.6 Å². The van der Waals surface area contributed by atoms with Crippen LogP contribution in [0.4, 0.5) is 18.9 Å². The number of benzene rings is 2. The Kier molecular flexibility index (Phi) is 9.42. The Bertz CT molecular complexity index is 886. The van der Waals surface area contributed by atoms with Gasteiger partial charge in [0.25, 0.3) is 0 Å². The summed E-state index contributed by atoms with van der Waals surface area (Å²) in [6.45, 7) is 2.04. The number of hydrogen-bond acceptors (Lipinski definition) is 3. The van der Waals surface area contributed by atoms with E-state index in [0.717, 1.165) is 12.0 Å². The van der Waals surface area contributed by atoms with E-state index >= 15 is 0 Å². The monoisotopic (exact) mass is 547 g/mol. The van der Waals surface area contributed by atoms with Crippen molar-refractivity contribution in [3.05, 3.63) is 65.0 Å². The topological polar surface area (TPSA) is 42.9 Å². The SMILES string of the molecule is CN=C(NCc1ccc(F)c(CN(C)C)c1)NC1CCN(c2c(F)cccc2F)C1.I. The maximum Gasteiger partial charge on any atom is 0.191 e. The minimum Gasteiger partial charge on any atom is -0.365 e. The number of anilines is 1. The summed E-state index contributed by atoms with van der Waals surface area (Å²) in [5, 5.41) is 6.53. The molecule has 2 aromatic carbocycles. The lowest BCUT2D eigenvalue weighted by Crippen LogP contribution is -2.44. The van der Waals surface area contributed by atoms with E-state index in [-0.39, 0.29) is 41.5 Å². The second-order valence-corrected chi connectivity index (χ2v) is 7.74. The summed E-state index contributed by atoms with van der Waals surface area (Å²) in [5.74, 6) is -0.735. The number of halogens is 4. The molecule has 9 heteroatoms. The summed E-state index contributed by atoms with van der Waals surface area (Å²) in [6, 6.07) is 8.98. The van der Waals surface area contributed by atoms with Gasteiger partial charge < -0.3 is 20.4 Å². The fourth-order valence-electron chi connectivity index (χ4n) is 3.65. The minimum atomic E-state index is -0.553. The van der Waals surface area contributed by atoms with Gasteiger partial charge in [-0.2, -0.15) is 0 Å². The molecular weight excluding hydrogens is 518 g/mol. The molecule has 0 bridgehead atoms. The summed E-state index contributed by atoms with van der Waals surface area (Å²) in [5.41, 5.74) is 1.60. The molecule has 1 aliphatic rings. The molecule has 1 heterocycles.